The summed E-state index contributed by atoms with van der Waals surface area (Å²) in [6.45, 7) is 2.07. The predicted octanol–water partition coefficient (Wildman–Crippen LogP) is 1.02. The van der Waals surface area contributed by atoms with E-state index in [9.17, 15) is 13.2 Å². The summed E-state index contributed by atoms with van der Waals surface area (Å²) in [6, 6.07) is 4.55. The average Bonchev–Trinajstić information content (AvgIpc) is 3.04. The van der Waals surface area contributed by atoms with E-state index < -0.39 is 10.0 Å². The van der Waals surface area contributed by atoms with Crippen LogP contribution in [0.2, 0.25) is 0 Å². The van der Waals surface area contributed by atoms with Gasteiger partial charge in [0.15, 0.2) is 0 Å². The smallest absolute Gasteiger partial charge is 0.320 e. The Bertz CT molecular complexity index is 779. The molecule has 0 aliphatic rings. The molecule has 3 N–H and O–H groups in total. The maximum atomic E-state index is 11.8. The second-order valence-electron chi connectivity index (χ2n) is 4.53. The van der Waals surface area contributed by atoms with Gasteiger partial charge in [-0.25, -0.2) is 17.9 Å². The van der Waals surface area contributed by atoms with Crippen molar-refractivity contribution in [2.24, 2.45) is 7.05 Å². The molecule has 2 amide bonds. The van der Waals surface area contributed by atoms with E-state index in [0.717, 1.165) is 21.9 Å². The summed E-state index contributed by atoms with van der Waals surface area (Å²) in [5, 5.41) is 9.47. The highest BCUT2D eigenvalue weighted by Gasteiger charge is 2.14. The summed E-state index contributed by atoms with van der Waals surface area (Å²) in [5.41, 5.74) is 0.804. The third-order valence-corrected chi connectivity index (χ3v) is 5.83. The van der Waals surface area contributed by atoms with E-state index in [0.29, 0.717) is 5.82 Å². The molecule has 10 heteroatoms. The zero-order valence-corrected chi connectivity index (χ0v) is 14.0. The quantitative estimate of drug-likeness (QED) is 0.754. The van der Waals surface area contributed by atoms with Crippen LogP contribution in [0.3, 0.4) is 0 Å². The molecule has 0 bridgehead atoms. The van der Waals surface area contributed by atoms with Crippen molar-refractivity contribution in [3.8, 4) is 0 Å². The van der Waals surface area contributed by atoms with Crippen LogP contribution in [-0.4, -0.2) is 31.3 Å². The topological polar surface area (TPSA) is 105 Å². The summed E-state index contributed by atoms with van der Waals surface area (Å²) in [4.78, 5) is 12.6. The maximum absolute atomic E-state index is 11.8. The van der Waals surface area contributed by atoms with Crippen molar-refractivity contribution in [2.75, 3.05) is 12.4 Å². The monoisotopic (exact) mass is 343 g/mol. The molecule has 0 saturated heterocycles. The maximum Gasteiger partial charge on any atom is 0.320 e. The van der Waals surface area contributed by atoms with Gasteiger partial charge in [0, 0.05) is 18.0 Å². The number of nitrogens with zero attached hydrogens (tertiary/aromatic N) is 2. The van der Waals surface area contributed by atoms with E-state index >= 15 is 0 Å². The lowest BCUT2D eigenvalue weighted by atomic mass is 10.4. The van der Waals surface area contributed by atoms with E-state index in [-0.39, 0.29) is 16.8 Å². The summed E-state index contributed by atoms with van der Waals surface area (Å²) in [5.74, 6) is 0.583. The van der Waals surface area contributed by atoms with Crippen LogP contribution >= 0.6 is 11.3 Å². The Morgan fingerprint density at radius 1 is 1.41 bits per heavy atom. The number of urea groups is 1. The van der Waals surface area contributed by atoms with Crippen molar-refractivity contribution in [2.45, 2.75) is 17.7 Å². The number of carbonyl (C=O) groups is 1. The van der Waals surface area contributed by atoms with Gasteiger partial charge in [0.05, 0.1) is 12.2 Å². The van der Waals surface area contributed by atoms with Gasteiger partial charge in [-0.15, -0.1) is 11.3 Å². The number of aryl methyl sites for hydroxylation is 2. The first kappa shape index (κ1) is 16.5. The van der Waals surface area contributed by atoms with Crippen molar-refractivity contribution >= 4 is 33.2 Å². The summed E-state index contributed by atoms with van der Waals surface area (Å²) in [7, 11) is -0.348. The Hall–Kier alpha value is -1.91. The van der Waals surface area contributed by atoms with Crippen LogP contribution in [0.25, 0.3) is 0 Å². The fourth-order valence-corrected chi connectivity index (χ4v) is 3.89. The van der Waals surface area contributed by atoms with E-state index in [2.05, 4.69) is 20.5 Å². The Kier molecular flexibility index (Phi) is 4.84. The van der Waals surface area contributed by atoms with Crippen LogP contribution in [-0.2, 0) is 23.6 Å². The molecule has 2 aromatic heterocycles. The van der Waals surface area contributed by atoms with E-state index in [4.69, 9.17) is 0 Å². The summed E-state index contributed by atoms with van der Waals surface area (Å²) >= 11 is 1.11. The zero-order valence-electron chi connectivity index (χ0n) is 12.4. The van der Waals surface area contributed by atoms with Crippen molar-refractivity contribution in [3.05, 3.63) is 28.8 Å². The zero-order chi connectivity index (χ0) is 16.3. The molecule has 8 nitrogen and oxygen atoms in total. The van der Waals surface area contributed by atoms with E-state index in [1.165, 1.54) is 13.1 Å². The fourth-order valence-electron chi connectivity index (χ4n) is 1.75. The Morgan fingerprint density at radius 3 is 2.73 bits per heavy atom. The van der Waals surface area contributed by atoms with Crippen molar-refractivity contribution in [3.63, 3.8) is 0 Å². The lowest BCUT2D eigenvalue weighted by Crippen LogP contribution is -2.28. The van der Waals surface area contributed by atoms with Crippen LogP contribution in [0, 0.1) is 6.92 Å². The number of anilines is 1. The molecule has 2 rings (SSSR count). The van der Waals surface area contributed by atoms with Crippen molar-refractivity contribution < 1.29 is 13.2 Å². The van der Waals surface area contributed by atoms with Gasteiger partial charge in [-0.1, -0.05) is 0 Å². The van der Waals surface area contributed by atoms with E-state index in [1.807, 2.05) is 6.92 Å². The SMILES string of the molecule is CNS(=O)(=O)c1ccc(CNC(=O)Nc2cc(C)nn2C)s1. The fraction of sp³-hybridized carbons (Fsp3) is 0.333. The van der Waals surface area contributed by atoms with Crippen molar-refractivity contribution in [1.82, 2.24) is 19.8 Å². The highest BCUT2D eigenvalue weighted by Crippen LogP contribution is 2.21. The Labute approximate surface area is 132 Å². The highest BCUT2D eigenvalue weighted by atomic mass is 32.2. The number of sulfonamides is 1. The van der Waals surface area contributed by atoms with Gasteiger partial charge in [0.25, 0.3) is 0 Å². The molecule has 0 aromatic carbocycles. The molecule has 0 unspecified atom stereocenters. The number of thiophene rings is 1. The third-order valence-electron chi connectivity index (χ3n) is 2.84. The minimum absolute atomic E-state index is 0.217. The minimum atomic E-state index is -3.44. The first-order valence-electron chi connectivity index (χ1n) is 6.39. The number of hydrogen-bond acceptors (Lipinski definition) is 5. The van der Waals surface area contributed by atoms with Crippen LogP contribution in [0.15, 0.2) is 22.4 Å². The minimum Gasteiger partial charge on any atom is -0.333 e. The number of amides is 2. The normalized spacial score (nSPS) is 11.4. The number of aromatic nitrogens is 2. The molecule has 0 saturated carbocycles. The number of carbonyl (C=O) groups excluding carboxylic acids is 1. The summed E-state index contributed by atoms with van der Waals surface area (Å²) < 4.78 is 27.3. The highest BCUT2D eigenvalue weighted by molar-refractivity contribution is 7.91. The van der Waals surface area contributed by atoms with Crippen LogP contribution < -0.4 is 15.4 Å². The largest absolute Gasteiger partial charge is 0.333 e. The molecule has 0 radical (unpaired) electrons. The standard InChI is InChI=1S/C12H17N5O3S2/c1-8-6-10(17(3)16-8)15-12(18)14-7-9-4-5-11(21-9)22(19,20)13-2/h4-6,13H,7H2,1-3H3,(H2,14,15,18). The van der Waals surface area contributed by atoms with Gasteiger partial charge in [-0.3, -0.25) is 10.00 Å². The molecular formula is C12H17N5O3S2. The number of hydrogen-bond donors (Lipinski definition) is 3. The molecule has 0 aliphatic heterocycles. The van der Waals surface area contributed by atoms with Crippen molar-refractivity contribution in [1.29, 1.82) is 0 Å². The van der Waals surface area contributed by atoms with Crippen LogP contribution in [0.1, 0.15) is 10.6 Å². The second-order valence-corrected chi connectivity index (χ2v) is 7.81. The van der Waals surface area contributed by atoms with Gasteiger partial charge in [0.1, 0.15) is 10.0 Å². The molecule has 2 heterocycles. The van der Waals surface area contributed by atoms with Gasteiger partial charge in [0.2, 0.25) is 10.0 Å². The van der Waals surface area contributed by atoms with E-state index in [1.54, 1.807) is 23.9 Å². The van der Waals surface area contributed by atoms with Gasteiger partial charge < -0.3 is 5.32 Å². The summed E-state index contributed by atoms with van der Waals surface area (Å²) in [6.07, 6.45) is 0. The molecule has 0 spiro atoms. The third kappa shape index (κ3) is 3.84. The lowest BCUT2D eigenvalue weighted by Gasteiger charge is -2.06. The molecule has 0 aliphatic carbocycles. The number of rotatable bonds is 5. The molecule has 0 atom stereocenters. The van der Waals surface area contributed by atoms with Gasteiger partial charge in [-0.05, 0) is 26.1 Å². The molecule has 0 fully saturated rings. The Balaban J connectivity index is 1.93. The molecule has 22 heavy (non-hydrogen) atoms. The molecule has 2 aromatic rings. The lowest BCUT2D eigenvalue weighted by molar-refractivity contribution is 0.251. The van der Waals surface area contributed by atoms with Crippen LogP contribution in [0.5, 0.6) is 0 Å². The molecular weight excluding hydrogens is 326 g/mol. The Morgan fingerprint density at radius 2 is 2.14 bits per heavy atom. The molecule has 120 valence electrons. The first-order valence-corrected chi connectivity index (χ1v) is 8.69. The first-order chi connectivity index (χ1) is 10.3. The average molecular weight is 343 g/mol. The van der Waals surface area contributed by atoms with Gasteiger partial charge in [-0.2, -0.15) is 5.10 Å². The second kappa shape index (κ2) is 6.46. The van der Waals surface area contributed by atoms with Crippen LogP contribution in [0.4, 0.5) is 10.6 Å². The predicted molar refractivity (Wildman–Crippen MR) is 84.4 cm³/mol. The van der Waals surface area contributed by atoms with Gasteiger partial charge >= 0.3 is 6.03 Å². The number of nitrogens with one attached hydrogen (secondary N) is 3.